The second-order valence-electron chi connectivity index (χ2n) is 5.11. The number of hydrogen-bond acceptors (Lipinski definition) is 2. The third kappa shape index (κ3) is 2.63. The fraction of sp³-hybridized carbons (Fsp3) is 0.111. The summed E-state index contributed by atoms with van der Waals surface area (Å²) in [6.45, 7) is 2.00. The van der Waals surface area contributed by atoms with Gasteiger partial charge in [0.2, 0.25) is 0 Å². The summed E-state index contributed by atoms with van der Waals surface area (Å²) >= 11 is 0. The highest BCUT2D eigenvalue weighted by Crippen LogP contribution is 2.22. The molecule has 2 aromatic carbocycles. The highest BCUT2D eigenvalue weighted by atomic mass is 16.4. The highest BCUT2D eigenvalue weighted by Gasteiger charge is 2.08. The van der Waals surface area contributed by atoms with Crippen molar-refractivity contribution in [3.05, 3.63) is 77.0 Å². The van der Waals surface area contributed by atoms with Crippen LogP contribution >= 0.6 is 0 Å². The van der Waals surface area contributed by atoms with Crippen molar-refractivity contribution in [3.63, 3.8) is 0 Å². The molecule has 0 aliphatic heterocycles. The predicted molar refractivity (Wildman–Crippen MR) is 82.7 cm³/mol. The molecule has 0 saturated heterocycles. The molecule has 3 rings (SSSR count). The van der Waals surface area contributed by atoms with E-state index >= 15 is 0 Å². The molecule has 21 heavy (non-hydrogen) atoms. The Morgan fingerprint density at radius 1 is 1.10 bits per heavy atom. The van der Waals surface area contributed by atoms with Crippen molar-refractivity contribution >= 4 is 16.9 Å². The molecule has 0 saturated carbocycles. The predicted octanol–water partition coefficient (Wildman–Crippen LogP) is 3.83. The summed E-state index contributed by atoms with van der Waals surface area (Å²) < 4.78 is 0. The molecule has 0 bridgehead atoms. The lowest BCUT2D eigenvalue weighted by molar-refractivity contribution is 0.0697. The van der Waals surface area contributed by atoms with Gasteiger partial charge < -0.3 is 5.11 Å². The van der Waals surface area contributed by atoms with E-state index in [-0.39, 0.29) is 0 Å². The van der Waals surface area contributed by atoms with Gasteiger partial charge in [0.05, 0.1) is 11.1 Å². The Morgan fingerprint density at radius 3 is 2.71 bits per heavy atom. The van der Waals surface area contributed by atoms with Crippen molar-refractivity contribution in [2.24, 2.45) is 0 Å². The Balaban J connectivity index is 2.06. The lowest BCUT2D eigenvalue weighted by Crippen LogP contribution is -2.00. The van der Waals surface area contributed by atoms with Gasteiger partial charge in [-0.2, -0.15) is 0 Å². The van der Waals surface area contributed by atoms with E-state index in [1.54, 1.807) is 18.3 Å². The minimum atomic E-state index is -0.893. The first-order valence-corrected chi connectivity index (χ1v) is 6.80. The fourth-order valence-corrected chi connectivity index (χ4v) is 2.51. The van der Waals surface area contributed by atoms with Gasteiger partial charge in [0.15, 0.2) is 0 Å². The normalized spacial score (nSPS) is 10.7. The Hall–Kier alpha value is -2.68. The molecular formula is C18H15NO2. The number of nitrogens with zero attached hydrogens (tertiary/aromatic N) is 1. The van der Waals surface area contributed by atoms with Crippen molar-refractivity contribution in [2.45, 2.75) is 13.3 Å². The van der Waals surface area contributed by atoms with Crippen molar-refractivity contribution in [1.82, 2.24) is 4.98 Å². The Labute approximate surface area is 122 Å². The Morgan fingerprint density at radius 2 is 1.90 bits per heavy atom. The minimum absolute atomic E-state index is 0.328. The van der Waals surface area contributed by atoms with Crippen LogP contribution in [-0.2, 0) is 6.42 Å². The number of carboxylic acid groups (broad SMARTS) is 1. The first-order chi connectivity index (χ1) is 10.1. The van der Waals surface area contributed by atoms with Crippen LogP contribution < -0.4 is 0 Å². The Kier molecular flexibility index (Phi) is 3.40. The van der Waals surface area contributed by atoms with Gasteiger partial charge in [0.25, 0.3) is 0 Å². The molecule has 0 fully saturated rings. The first kappa shape index (κ1) is 13.3. The lowest BCUT2D eigenvalue weighted by Gasteiger charge is -2.09. The summed E-state index contributed by atoms with van der Waals surface area (Å²) in [5, 5.41) is 10.2. The molecule has 1 aromatic heterocycles. The van der Waals surface area contributed by atoms with Crippen LogP contribution in [0.3, 0.4) is 0 Å². The molecule has 0 radical (unpaired) electrons. The molecule has 1 heterocycles. The van der Waals surface area contributed by atoms with Crippen molar-refractivity contribution < 1.29 is 9.90 Å². The maximum absolute atomic E-state index is 11.1. The summed E-state index contributed by atoms with van der Waals surface area (Å²) in [6, 6.07) is 15.3. The number of aromatic nitrogens is 1. The van der Waals surface area contributed by atoms with Crippen molar-refractivity contribution in [3.8, 4) is 0 Å². The maximum atomic E-state index is 11.1. The monoisotopic (exact) mass is 277 g/mol. The quantitative estimate of drug-likeness (QED) is 0.791. The van der Waals surface area contributed by atoms with E-state index in [2.05, 4.69) is 4.98 Å². The zero-order valence-corrected chi connectivity index (χ0v) is 11.7. The molecular weight excluding hydrogens is 262 g/mol. The molecule has 0 amide bonds. The molecule has 0 aliphatic carbocycles. The van der Waals surface area contributed by atoms with E-state index < -0.39 is 5.97 Å². The van der Waals surface area contributed by atoms with E-state index in [1.807, 2.05) is 43.3 Å². The summed E-state index contributed by atoms with van der Waals surface area (Å²) in [5.74, 6) is -0.893. The summed E-state index contributed by atoms with van der Waals surface area (Å²) in [4.78, 5) is 15.5. The standard InChI is InChI=1S/C18H15NO2/c1-12-6-7-14(18(20)21)11-15(12)10-13-8-9-19-17-5-3-2-4-16(13)17/h2-9,11H,10H2,1H3,(H,20,21). The van der Waals surface area contributed by atoms with Gasteiger partial charge in [0, 0.05) is 11.6 Å². The SMILES string of the molecule is Cc1ccc(C(=O)O)cc1Cc1ccnc2ccccc12. The van der Waals surface area contributed by atoms with Gasteiger partial charge >= 0.3 is 5.97 Å². The number of carbonyl (C=O) groups is 1. The van der Waals surface area contributed by atoms with Crippen LogP contribution in [0.5, 0.6) is 0 Å². The number of para-hydroxylation sites is 1. The van der Waals surface area contributed by atoms with Gasteiger partial charge in [-0.3, -0.25) is 4.98 Å². The average molecular weight is 277 g/mol. The third-order valence-electron chi connectivity index (χ3n) is 3.72. The van der Waals surface area contributed by atoms with E-state index in [0.717, 1.165) is 27.6 Å². The summed E-state index contributed by atoms with van der Waals surface area (Å²) in [6.07, 6.45) is 2.50. The number of hydrogen-bond donors (Lipinski definition) is 1. The number of rotatable bonds is 3. The zero-order chi connectivity index (χ0) is 14.8. The number of benzene rings is 2. The van der Waals surface area contributed by atoms with Gasteiger partial charge in [-0.05, 0) is 54.3 Å². The fourth-order valence-electron chi connectivity index (χ4n) is 2.51. The van der Waals surface area contributed by atoms with Gasteiger partial charge in [-0.15, -0.1) is 0 Å². The van der Waals surface area contributed by atoms with Crippen LogP contribution in [0.15, 0.2) is 54.7 Å². The molecule has 3 heteroatoms. The Bertz CT molecular complexity index is 819. The summed E-state index contributed by atoms with van der Waals surface area (Å²) in [7, 11) is 0. The number of pyridine rings is 1. The van der Waals surface area contributed by atoms with Crippen LogP contribution in [0.25, 0.3) is 10.9 Å². The largest absolute Gasteiger partial charge is 0.478 e. The minimum Gasteiger partial charge on any atom is -0.478 e. The van der Waals surface area contributed by atoms with Gasteiger partial charge in [0.1, 0.15) is 0 Å². The van der Waals surface area contributed by atoms with Crippen molar-refractivity contribution in [2.75, 3.05) is 0 Å². The molecule has 3 nitrogen and oxygen atoms in total. The van der Waals surface area contributed by atoms with Crippen LogP contribution in [0, 0.1) is 6.92 Å². The van der Waals surface area contributed by atoms with Gasteiger partial charge in [-0.1, -0.05) is 24.3 Å². The van der Waals surface area contributed by atoms with Crippen LogP contribution in [0.4, 0.5) is 0 Å². The average Bonchev–Trinajstić information content (AvgIpc) is 2.49. The first-order valence-electron chi connectivity index (χ1n) is 6.80. The topological polar surface area (TPSA) is 50.2 Å². The molecule has 0 unspecified atom stereocenters. The van der Waals surface area contributed by atoms with E-state index in [4.69, 9.17) is 5.11 Å². The van der Waals surface area contributed by atoms with E-state index in [0.29, 0.717) is 12.0 Å². The van der Waals surface area contributed by atoms with Crippen LogP contribution in [0.2, 0.25) is 0 Å². The second-order valence-corrected chi connectivity index (χ2v) is 5.11. The molecule has 1 N–H and O–H groups in total. The number of fused-ring (bicyclic) bond motifs is 1. The number of aromatic carboxylic acids is 1. The maximum Gasteiger partial charge on any atom is 0.335 e. The summed E-state index contributed by atoms with van der Waals surface area (Å²) in [5.41, 5.74) is 4.58. The highest BCUT2D eigenvalue weighted by molar-refractivity contribution is 5.88. The molecule has 104 valence electrons. The van der Waals surface area contributed by atoms with Crippen LogP contribution in [-0.4, -0.2) is 16.1 Å². The van der Waals surface area contributed by atoms with E-state index in [9.17, 15) is 4.79 Å². The van der Waals surface area contributed by atoms with E-state index in [1.165, 1.54) is 0 Å². The van der Waals surface area contributed by atoms with Crippen LogP contribution in [0.1, 0.15) is 27.0 Å². The molecule has 0 spiro atoms. The zero-order valence-electron chi connectivity index (χ0n) is 11.7. The van der Waals surface area contributed by atoms with Crippen molar-refractivity contribution in [1.29, 1.82) is 0 Å². The smallest absolute Gasteiger partial charge is 0.335 e. The molecule has 0 atom stereocenters. The van der Waals surface area contributed by atoms with Gasteiger partial charge in [-0.25, -0.2) is 4.79 Å². The number of carboxylic acids is 1. The molecule has 3 aromatic rings. The molecule has 0 aliphatic rings. The lowest BCUT2D eigenvalue weighted by atomic mass is 9.96. The second kappa shape index (κ2) is 5.37. The third-order valence-corrected chi connectivity index (χ3v) is 3.72. The number of aryl methyl sites for hydroxylation is 1.